The van der Waals surface area contributed by atoms with Crippen molar-refractivity contribution in [3.05, 3.63) is 39.6 Å². The molecule has 0 saturated heterocycles. The highest BCUT2D eigenvalue weighted by Gasteiger charge is 2.11. The van der Waals surface area contributed by atoms with Gasteiger partial charge in [-0.25, -0.2) is 0 Å². The highest BCUT2D eigenvalue weighted by molar-refractivity contribution is 6.32. The predicted molar refractivity (Wildman–Crippen MR) is 78.3 cm³/mol. The van der Waals surface area contributed by atoms with Crippen LogP contribution in [-0.4, -0.2) is 16.9 Å². The number of rotatable bonds is 4. The molecule has 0 atom stereocenters. The van der Waals surface area contributed by atoms with E-state index < -0.39 is 0 Å². The zero-order chi connectivity index (χ0) is 14.0. The first-order chi connectivity index (χ1) is 9.02. The lowest BCUT2D eigenvalue weighted by atomic mass is 10.2. The third-order valence-electron chi connectivity index (χ3n) is 2.89. The number of benzene rings is 1. The molecule has 0 bridgehead atoms. The van der Waals surface area contributed by atoms with E-state index in [1.165, 1.54) is 0 Å². The minimum absolute atomic E-state index is 0.587. The van der Waals surface area contributed by atoms with Crippen LogP contribution in [0.1, 0.15) is 11.3 Å². The number of aryl methyl sites for hydroxylation is 2. The molecule has 0 radical (unpaired) electrons. The number of halogens is 2. The van der Waals surface area contributed by atoms with Gasteiger partial charge in [-0.05, 0) is 19.1 Å². The molecule has 2 rings (SSSR count). The molecule has 0 amide bonds. The third-order valence-corrected chi connectivity index (χ3v) is 3.68. The van der Waals surface area contributed by atoms with Crippen molar-refractivity contribution in [1.82, 2.24) is 9.78 Å². The minimum Gasteiger partial charge on any atom is -0.495 e. The molecule has 1 aromatic heterocycles. The summed E-state index contributed by atoms with van der Waals surface area (Å²) in [5, 5.41) is 8.78. The summed E-state index contributed by atoms with van der Waals surface area (Å²) in [6.07, 6.45) is 0. The maximum atomic E-state index is 6.18. The first-order valence-electron chi connectivity index (χ1n) is 5.78. The Kier molecular flexibility index (Phi) is 4.22. The summed E-state index contributed by atoms with van der Waals surface area (Å²) in [5.74, 6) is 0.640. The van der Waals surface area contributed by atoms with E-state index in [4.69, 9.17) is 27.9 Å². The molecular formula is C13H15Cl2N3O. The fourth-order valence-corrected chi connectivity index (χ4v) is 2.27. The monoisotopic (exact) mass is 299 g/mol. The van der Waals surface area contributed by atoms with Gasteiger partial charge in [0.2, 0.25) is 0 Å². The summed E-state index contributed by atoms with van der Waals surface area (Å²) in [4.78, 5) is 0. The average molecular weight is 300 g/mol. The van der Waals surface area contributed by atoms with Crippen LogP contribution < -0.4 is 10.1 Å². The summed E-state index contributed by atoms with van der Waals surface area (Å²) in [6.45, 7) is 2.54. The molecule has 6 heteroatoms. The van der Waals surface area contributed by atoms with Gasteiger partial charge in [0.1, 0.15) is 10.9 Å². The third kappa shape index (κ3) is 2.96. The summed E-state index contributed by atoms with van der Waals surface area (Å²) in [5.41, 5.74) is 2.82. The van der Waals surface area contributed by atoms with Gasteiger partial charge in [-0.2, -0.15) is 5.10 Å². The number of anilines is 1. The molecule has 0 aliphatic heterocycles. The molecule has 0 aliphatic carbocycles. The Morgan fingerprint density at radius 2 is 2.11 bits per heavy atom. The van der Waals surface area contributed by atoms with E-state index in [1.54, 1.807) is 17.9 Å². The molecular weight excluding hydrogens is 285 g/mol. The number of hydrogen-bond acceptors (Lipinski definition) is 3. The van der Waals surface area contributed by atoms with Gasteiger partial charge >= 0.3 is 0 Å². The SMILES string of the molecule is COc1cc(NCc2c(C)nn(C)c2Cl)ccc1Cl. The molecule has 19 heavy (non-hydrogen) atoms. The van der Waals surface area contributed by atoms with Crippen molar-refractivity contribution in [2.75, 3.05) is 12.4 Å². The number of ether oxygens (including phenoxy) is 1. The lowest BCUT2D eigenvalue weighted by Crippen LogP contribution is -2.01. The molecule has 0 unspecified atom stereocenters. The van der Waals surface area contributed by atoms with Gasteiger partial charge in [-0.3, -0.25) is 4.68 Å². The van der Waals surface area contributed by atoms with Gasteiger partial charge in [-0.1, -0.05) is 23.2 Å². The van der Waals surface area contributed by atoms with Gasteiger partial charge in [0, 0.05) is 30.9 Å². The Bertz CT molecular complexity index is 596. The van der Waals surface area contributed by atoms with Gasteiger partial charge in [0.25, 0.3) is 0 Å². The highest BCUT2D eigenvalue weighted by atomic mass is 35.5. The van der Waals surface area contributed by atoms with E-state index in [0.29, 0.717) is 22.5 Å². The van der Waals surface area contributed by atoms with Crippen LogP contribution in [0.25, 0.3) is 0 Å². The largest absolute Gasteiger partial charge is 0.495 e. The Labute approximate surface area is 122 Å². The zero-order valence-corrected chi connectivity index (χ0v) is 12.5. The van der Waals surface area contributed by atoms with Crippen molar-refractivity contribution in [2.45, 2.75) is 13.5 Å². The van der Waals surface area contributed by atoms with E-state index in [9.17, 15) is 0 Å². The second-order valence-electron chi connectivity index (χ2n) is 4.18. The Balaban J connectivity index is 2.14. The first-order valence-corrected chi connectivity index (χ1v) is 6.54. The van der Waals surface area contributed by atoms with Crippen molar-refractivity contribution >= 4 is 28.9 Å². The quantitative estimate of drug-likeness (QED) is 0.936. The topological polar surface area (TPSA) is 39.1 Å². The number of aromatic nitrogens is 2. The van der Waals surface area contributed by atoms with E-state index in [0.717, 1.165) is 16.9 Å². The van der Waals surface area contributed by atoms with Crippen molar-refractivity contribution in [1.29, 1.82) is 0 Å². The first kappa shape index (κ1) is 14.0. The van der Waals surface area contributed by atoms with Crippen LogP contribution in [0, 0.1) is 6.92 Å². The zero-order valence-electron chi connectivity index (χ0n) is 11.0. The fraction of sp³-hybridized carbons (Fsp3) is 0.308. The molecule has 102 valence electrons. The molecule has 0 saturated carbocycles. The smallest absolute Gasteiger partial charge is 0.139 e. The van der Waals surface area contributed by atoms with E-state index in [2.05, 4.69) is 10.4 Å². The molecule has 0 fully saturated rings. The van der Waals surface area contributed by atoms with Crippen LogP contribution in [0.3, 0.4) is 0 Å². The van der Waals surface area contributed by atoms with Gasteiger partial charge < -0.3 is 10.1 Å². The van der Waals surface area contributed by atoms with E-state index in [-0.39, 0.29) is 0 Å². The van der Waals surface area contributed by atoms with E-state index >= 15 is 0 Å². The highest BCUT2D eigenvalue weighted by Crippen LogP contribution is 2.28. The summed E-state index contributed by atoms with van der Waals surface area (Å²) in [7, 11) is 3.41. The van der Waals surface area contributed by atoms with Crippen molar-refractivity contribution in [2.24, 2.45) is 7.05 Å². The lowest BCUT2D eigenvalue weighted by molar-refractivity contribution is 0.415. The van der Waals surface area contributed by atoms with Crippen LogP contribution in [-0.2, 0) is 13.6 Å². The minimum atomic E-state index is 0.587. The van der Waals surface area contributed by atoms with Crippen LogP contribution >= 0.6 is 23.2 Å². The Morgan fingerprint density at radius 3 is 2.68 bits per heavy atom. The molecule has 1 heterocycles. The predicted octanol–water partition coefficient (Wildman–Crippen LogP) is 3.66. The maximum absolute atomic E-state index is 6.18. The molecule has 1 N–H and O–H groups in total. The number of methoxy groups -OCH3 is 1. The van der Waals surface area contributed by atoms with Gasteiger partial charge in [0.05, 0.1) is 17.8 Å². The second kappa shape index (κ2) is 5.72. The Morgan fingerprint density at radius 1 is 1.37 bits per heavy atom. The molecule has 1 aromatic carbocycles. The molecule has 0 spiro atoms. The van der Waals surface area contributed by atoms with Crippen LogP contribution in [0.5, 0.6) is 5.75 Å². The van der Waals surface area contributed by atoms with E-state index in [1.807, 2.05) is 26.1 Å². The molecule has 2 aromatic rings. The Hall–Kier alpha value is -1.39. The summed E-state index contributed by atoms with van der Waals surface area (Å²) in [6, 6.07) is 5.53. The number of nitrogens with one attached hydrogen (secondary N) is 1. The van der Waals surface area contributed by atoms with Crippen LogP contribution in [0.2, 0.25) is 10.2 Å². The van der Waals surface area contributed by atoms with Gasteiger partial charge in [-0.15, -0.1) is 0 Å². The van der Waals surface area contributed by atoms with Crippen molar-refractivity contribution < 1.29 is 4.74 Å². The number of hydrogen-bond donors (Lipinski definition) is 1. The fourth-order valence-electron chi connectivity index (χ4n) is 1.83. The number of nitrogens with zero attached hydrogens (tertiary/aromatic N) is 2. The average Bonchev–Trinajstić information content (AvgIpc) is 2.63. The normalized spacial score (nSPS) is 10.6. The van der Waals surface area contributed by atoms with Gasteiger partial charge in [0.15, 0.2) is 0 Å². The molecule has 4 nitrogen and oxygen atoms in total. The van der Waals surface area contributed by atoms with Crippen molar-refractivity contribution in [3.8, 4) is 5.75 Å². The lowest BCUT2D eigenvalue weighted by Gasteiger charge is -2.09. The second-order valence-corrected chi connectivity index (χ2v) is 4.95. The standard InChI is InChI=1S/C13H15Cl2N3O/c1-8-10(13(15)18(2)17-8)7-16-9-4-5-11(14)12(6-9)19-3/h4-6,16H,7H2,1-3H3. The van der Waals surface area contributed by atoms with Crippen LogP contribution in [0.15, 0.2) is 18.2 Å². The summed E-state index contributed by atoms with van der Waals surface area (Å²) < 4.78 is 6.84. The van der Waals surface area contributed by atoms with Crippen LogP contribution in [0.4, 0.5) is 5.69 Å². The maximum Gasteiger partial charge on any atom is 0.139 e. The van der Waals surface area contributed by atoms with Crippen molar-refractivity contribution in [3.63, 3.8) is 0 Å². The summed E-state index contributed by atoms with van der Waals surface area (Å²) >= 11 is 12.2. The molecule has 0 aliphatic rings.